The number of benzene rings is 2. The third kappa shape index (κ3) is 3.30. The highest BCUT2D eigenvalue weighted by atomic mass is 19.4. The first kappa shape index (κ1) is 18.0. The zero-order valence-corrected chi connectivity index (χ0v) is 14.7. The van der Waals surface area contributed by atoms with Gasteiger partial charge in [-0.15, -0.1) is 0 Å². The third-order valence-corrected chi connectivity index (χ3v) is 4.32. The van der Waals surface area contributed by atoms with Crippen LogP contribution >= 0.6 is 0 Å². The molecule has 6 nitrogen and oxygen atoms in total. The fourth-order valence-electron chi connectivity index (χ4n) is 3.00. The van der Waals surface area contributed by atoms with Gasteiger partial charge in [-0.05, 0) is 24.3 Å². The largest absolute Gasteiger partial charge is 0.469 e. The molecule has 0 saturated heterocycles. The van der Waals surface area contributed by atoms with Crippen LogP contribution in [0.1, 0.15) is 17.1 Å². The number of hydrogen-bond acceptors (Lipinski definition) is 5. The maximum Gasteiger partial charge on any atom is 0.416 e. The molecule has 0 saturated carbocycles. The summed E-state index contributed by atoms with van der Waals surface area (Å²) in [4.78, 5) is 15.8. The molecule has 0 aliphatic rings. The van der Waals surface area contributed by atoms with Crippen LogP contribution in [0.4, 0.5) is 13.2 Å². The average Bonchev–Trinajstić information content (AvgIpc) is 3.22. The molecule has 4 rings (SSSR count). The van der Waals surface area contributed by atoms with E-state index in [2.05, 4.69) is 10.1 Å². The van der Waals surface area contributed by atoms with Gasteiger partial charge in [0.25, 0.3) is 0 Å². The van der Waals surface area contributed by atoms with Crippen molar-refractivity contribution in [3.05, 3.63) is 59.6 Å². The predicted molar refractivity (Wildman–Crippen MR) is 93.6 cm³/mol. The second-order valence-corrected chi connectivity index (χ2v) is 6.16. The van der Waals surface area contributed by atoms with Crippen LogP contribution in [0.5, 0.6) is 0 Å². The standard InChI is InChI=1S/C19H14F3N3O3/c1-27-18(26)9-13-12-4-2-3-5-15(12)25(24-13)10-17-23-14-8-11(19(20,21)22)6-7-16(14)28-17/h2-8H,9-10H2,1H3. The molecule has 0 radical (unpaired) electrons. The number of methoxy groups -OCH3 is 1. The van der Waals surface area contributed by atoms with E-state index in [1.165, 1.54) is 13.2 Å². The van der Waals surface area contributed by atoms with Crippen LogP contribution in [0.2, 0.25) is 0 Å². The first-order valence-electron chi connectivity index (χ1n) is 8.33. The number of ether oxygens (including phenoxy) is 1. The number of carbonyl (C=O) groups is 1. The van der Waals surface area contributed by atoms with Crippen molar-refractivity contribution in [2.45, 2.75) is 19.1 Å². The maximum absolute atomic E-state index is 12.9. The SMILES string of the molecule is COC(=O)Cc1nn(Cc2nc3cc(C(F)(F)F)ccc3o2)c2ccccc12. The molecule has 2 aromatic heterocycles. The molecular formula is C19H14F3N3O3. The Kier molecular flexibility index (Phi) is 4.29. The fraction of sp³-hybridized carbons (Fsp3) is 0.211. The summed E-state index contributed by atoms with van der Waals surface area (Å²) < 4.78 is 50.5. The molecule has 0 amide bonds. The maximum atomic E-state index is 12.9. The number of aromatic nitrogens is 3. The van der Waals surface area contributed by atoms with E-state index in [0.29, 0.717) is 5.69 Å². The highest BCUT2D eigenvalue weighted by Crippen LogP contribution is 2.31. The minimum atomic E-state index is -4.45. The number of halogens is 3. The Bertz CT molecular complexity index is 1180. The molecule has 28 heavy (non-hydrogen) atoms. The molecule has 2 heterocycles. The van der Waals surface area contributed by atoms with Gasteiger partial charge in [-0.25, -0.2) is 4.98 Å². The summed E-state index contributed by atoms with van der Waals surface area (Å²) >= 11 is 0. The van der Waals surface area contributed by atoms with E-state index in [-0.39, 0.29) is 30.0 Å². The number of hydrogen-bond donors (Lipinski definition) is 0. The van der Waals surface area contributed by atoms with Crippen LogP contribution in [0.3, 0.4) is 0 Å². The molecule has 4 aromatic rings. The van der Waals surface area contributed by atoms with Crippen molar-refractivity contribution in [2.75, 3.05) is 7.11 Å². The normalized spacial score (nSPS) is 12.0. The van der Waals surface area contributed by atoms with E-state index in [9.17, 15) is 18.0 Å². The van der Waals surface area contributed by atoms with Crippen molar-refractivity contribution in [3.8, 4) is 0 Å². The molecule has 2 aromatic carbocycles. The molecule has 0 unspecified atom stereocenters. The third-order valence-electron chi connectivity index (χ3n) is 4.32. The lowest BCUT2D eigenvalue weighted by Crippen LogP contribution is -2.07. The van der Waals surface area contributed by atoms with Crippen LogP contribution in [0.25, 0.3) is 22.0 Å². The summed E-state index contributed by atoms with van der Waals surface area (Å²) in [6, 6.07) is 10.5. The minimum Gasteiger partial charge on any atom is -0.469 e. The number of oxazole rings is 1. The van der Waals surface area contributed by atoms with Gasteiger partial charge in [0, 0.05) is 5.39 Å². The molecule has 0 fully saturated rings. The van der Waals surface area contributed by atoms with E-state index < -0.39 is 17.7 Å². The Hall–Kier alpha value is -3.36. The summed E-state index contributed by atoms with van der Waals surface area (Å²) in [5, 5.41) is 5.22. The van der Waals surface area contributed by atoms with Crippen molar-refractivity contribution in [1.29, 1.82) is 0 Å². The first-order chi connectivity index (χ1) is 13.3. The van der Waals surface area contributed by atoms with E-state index in [1.54, 1.807) is 4.68 Å². The van der Waals surface area contributed by atoms with E-state index in [1.807, 2.05) is 24.3 Å². The molecule has 0 aliphatic carbocycles. The van der Waals surface area contributed by atoms with E-state index in [4.69, 9.17) is 9.15 Å². The van der Waals surface area contributed by atoms with Crippen molar-refractivity contribution in [1.82, 2.24) is 14.8 Å². The molecule has 0 spiro atoms. The highest BCUT2D eigenvalue weighted by Gasteiger charge is 2.31. The summed E-state index contributed by atoms with van der Waals surface area (Å²) in [6.45, 7) is 0.109. The second kappa shape index (κ2) is 6.66. The number of esters is 1. The van der Waals surface area contributed by atoms with Gasteiger partial charge in [0.15, 0.2) is 5.58 Å². The van der Waals surface area contributed by atoms with Gasteiger partial charge in [-0.3, -0.25) is 9.48 Å². The van der Waals surface area contributed by atoms with Crippen LogP contribution in [-0.2, 0) is 28.7 Å². The lowest BCUT2D eigenvalue weighted by Gasteiger charge is -2.04. The monoisotopic (exact) mass is 389 g/mol. The summed E-state index contributed by atoms with van der Waals surface area (Å²) in [6.07, 6.45) is -4.44. The van der Waals surface area contributed by atoms with E-state index >= 15 is 0 Å². The van der Waals surface area contributed by atoms with Crippen molar-refractivity contribution in [2.24, 2.45) is 0 Å². The number of nitrogens with zero attached hydrogens (tertiary/aromatic N) is 3. The van der Waals surface area contributed by atoms with Crippen LogP contribution < -0.4 is 0 Å². The Morgan fingerprint density at radius 3 is 2.75 bits per heavy atom. The van der Waals surface area contributed by atoms with Crippen molar-refractivity contribution in [3.63, 3.8) is 0 Å². The summed E-state index contributed by atoms with van der Waals surface area (Å²) in [5.74, 6) is -0.204. The predicted octanol–water partition coefficient (Wildman–Crippen LogP) is 3.96. The number of para-hydroxylation sites is 1. The lowest BCUT2D eigenvalue weighted by molar-refractivity contribution is -0.140. The first-order valence-corrected chi connectivity index (χ1v) is 8.33. The Morgan fingerprint density at radius 1 is 1.21 bits per heavy atom. The molecular weight excluding hydrogens is 375 g/mol. The quantitative estimate of drug-likeness (QED) is 0.494. The zero-order valence-electron chi connectivity index (χ0n) is 14.7. The Labute approximate surface area is 156 Å². The van der Waals surface area contributed by atoms with Gasteiger partial charge in [0.05, 0.1) is 30.3 Å². The summed E-state index contributed by atoms with van der Waals surface area (Å²) in [5.41, 5.74) is 0.882. The topological polar surface area (TPSA) is 70.2 Å². The molecule has 0 N–H and O–H groups in total. The second-order valence-electron chi connectivity index (χ2n) is 6.16. The van der Waals surface area contributed by atoms with Gasteiger partial charge in [-0.2, -0.15) is 18.3 Å². The average molecular weight is 389 g/mol. The number of alkyl halides is 3. The highest BCUT2D eigenvalue weighted by molar-refractivity contribution is 5.86. The van der Waals surface area contributed by atoms with Gasteiger partial charge in [0.1, 0.15) is 12.1 Å². The number of carbonyl (C=O) groups excluding carboxylic acids is 1. The van der Waals surface area contributed by atoms with Crippen molar-refractivity contribution < 1.29 is 27.1 Å². The number of rotatable bonds is 4. The molecule has 0 bridgehead atoms. The molecule has 144 valence electrons. The van der Waals surface area contributed by atoms with Gasteiger partial charge in [0.2, 0.25) is 5.89 Å². The Balaban J connectivity index is 1.71. The van der Waals surface area contributed by atoms with Gasteiger partial charge < -0.3 is 9.15 Å². The van der Waals surface area contributed by atoms with E-state index in [0.717, 1.165) is 23.0 Å². The molecule has 9 heteroatoms. The van der Waals surface area contributed by atoms with Crippen LogP contribution in [-0.4, -0.2) is 27.8 Å². The zero-order chi connectivity index (χ0) is 19.9. The molecule has 0 aliphatic heterocycles. The Morgan fingerprint density at radius 2 is 2.00 bits per heavy atom. The van der Waals surface area contributed by atoms with Crippen LogP contribution in [0.15, 0.2) is 46.9 Å². The molecule has 0 atom stereocenters. The van der Waals surface area contributed by atoms with Gasteiger partial charge in [-0.1, -0.05) is 18.2 Å². The van der Waals surface area contributed by atoms with Crippen molar-refractivity contribution >= 4 is 28.0 Å². The fourth-order valence-corrected chi connectivity index (χ4v) is 3.00. The smallest absolute Gasteiger partial charge is 0.416 e. The van der Waals surface area contributed by atoms with Gasteiger partial charge >= 0.3 is 12.1 Å². The lowest BCUT2D eigenvalue weighted by atomic mass is 10.2. The number of fused-ring (bicyclic) bond motifs is 2. The minimum absolute atomic E-state index is 0.00646. The summed E-state index contributed by atoms with van der Waals surface area (Å²) in [7, 11) is 1.30. The van der Waals surface area contributed by atoms with Crippen LogP contribution in [0, 0.1) is 0 Å².